The van der Waals surface area contributed by atoms with Gasteiger partial charge in [0, 0.05) is 31.5 Å². The third-order valence-electron chi connectivity index (χ3n) is 3.65. The maximum Gasteiger partial charge on any atom is 0.266 e. The van der Waals surface area contributed by atoms with Crippen molar-refractivity contribution >= 4 is 23.4 Å². The number of carbonyl (C=O) groups is 1. The number of benzene rings is 2. The van der Waals surface area contributed by atoms with Gasteiger partial charge in [0.05, 0.1) is 7.11 Å². The van der Waals surface area contributed by atoms with Gasteiger partial charge in [-0.2, -0.15) is 5.26 Å². The number of nitrogens with one attached hydrogen (secondary N) is 1. The van der Waals surface area contributed by atoms with Crippen LogP contribution in [-0.2, 0) is 4.79 Å². The Labute approximate surface area is 153 Å². The molecule has 0 aliphatic heterocycles. The second-order valence-electron chi connectivity index (χ2n) is 5.72. The van der Waals surface area contributed by atoms with E-state index in [2.05, 4.69) is 5.32 Å². The Hall–Kier alpha value is -3.52. The fourth-order valence-corrected chi connectivity index (χ4v) is 2.20. The summed E-state index contributed by atoms with van der Waals surface area (Å²) < 4.78 is 5.12. The number of anilines is 2. The zero-order valence-electron chi connectivity index (χ0n) is 15.1. The van der Waals surface area contributed by atoms with Crippen molar-refractivity contribution in [2.75, 3.05) is 31.4 Å². The van der Waals surface area contributed by atoms with Crippen LogP contribution < -0.4 is 15.0 Å². The topological polar surface area (TPSA) is 65.4 Å². The lowest BCUT2D eigenvalue weighted by atomic mass is 10.1. The van der Waals surface area contributed by atoms with Crippen LogP contribution in [0.3, 0.4) is 0 Å². The van der Waals surface area contributed by atoms with E-state index in [4.69, 9.17) is 4.74 Å². The molecule has 1 amide bonds. The Bertz CT molecular complexity index is 860. The zero-order chi connectivity index (χ0) is 18.9. The molecule has 26 heavy (non-hydrogen) atoms. The number of allylic oxidation sites excluding steroid dienone is 2. The molecule has 2 rings (SSSR count). The maximum absolute atomic E-state index is 12.2. The highest BCUT2D eigenvalue weighted by molar-refractivity contribution is 6.06. The molecule has 0 aliphatic carbocycles. The molecule has 2 aromatic rings. The summed E-state index contributed by atoms with van der Waals surface area (Å²) in [6.45, 7) is 0. The van der Waals surface area contributed by atoms with Crippen LogP contribution in [0.1, 0.15) is 5.56 Å². The van der Waals surface area contributed by atoms with Crippen molar-refractivity contribution in [1.82, 2.24) is 0 Å². The highest BCUT2D eigenvalue weighted by Gasteiger charge is 2.08. The summed E-state index contributed by atoms with van der Waals surface area (Å²) in [5.41, 5.74) is 2.68. The molecule has 0 heterocycles. The Morgan fingerprint density at radius 3 is 2.54 bits per heavy atom. The Kier molecular flexibility index (Phi) is 6.58. The van der Waals surface area contributed by atoms with Crippen LogP contribution in [0.25, 0.3) is 6.08 Å². The lowest BCUT2D eigenvalue weighted by Crippen LogP contribution is -2.13. The van der Waals surface area contributed by atoms with Gasteiger partial charge < -0.3 is 15.0 Å². The van der Waals surface area contributed by atoms with Crippen molar-refractivity contribution in [1.29, 1.82) is 5.26 Å². The molecule has 0 saturated carbocycles. The first-order valence-corrected chi connectivity index (χ1v) is 8.04. The molecular formula is C21H21N3O2. The molecule has 5 nitrogen and oxygen atoms in total. The van der Waals surface area contributed by atoms with E-state index in [0.717, 1.165) is 11.3 Å². The zero-order valence-corrected chi connectivity index (χ0v) is 15.1. The smallest absolute Gasteiger partial charge is 0.266 e. The Morgan fingerprint density at radius 1 is 1.19 bits per heavy atom. The Morgan fingerprint density at radius 2 is 1.92 bits per heavy atom. The summed E-state index contributed by atoms with van der Waals surface area (Å²) in [5, 5.41) is 11.9. The van der Waals surface area contributed by atoms with Crippen LogP contribution in [0.15, 0.2) is 66.3 Å². The monoisotopic (exact) mass is 347 g/mol. The predicted octanol–water partition coefficient (Wildman–Crippen LogP) is 3.86. The van der Waals surface area contributed by atoms with Gasteiger partial charge in [-0.3, -0.25) is 4.79 Å². The molecule has 0 fully saturated rings. The SMILES string of the molecule is COc1cccc(NC(=O)/C(C#N)=C\C=C\c2ccc(N(C)C)cc2)c1. The van der Waals surface area contributed by atoms with E-state index in [1.807, 2.05) is 55.4 Å². The van der Waals surface area contributed by atoms with Gasteiger partial charge in [-0.25, -0.2) is 0 Å². The molecule has 0 aliphatic rings. The Balaban J connectivity index is 2.06. The fraction of sp³-hybridized carbons (Fsp3) is 0.143. The number of amides is 1. The number of carbonyl (C=O) groups excluding carboxylic acids is 1. The summed E-state index contributed by atoms with van der Waals surface area (Å²) >= 11 is 0. The molecule has 5 heteroatoms. The van der Waals surface area contributed by atoms with E-state index in [-0.39, 0.29) is 5.57 Å². The number of hydrogen-bond acceptors (Lipinski definition) is 4. The number of nitrogens with zero attached hydrogens (tertiary/aromatic N) is 2. The molecule has 0 bridgehead atoms. The standard InChI is InChI=1S/C21H21N3O2/c1-24(2)19-12-10-16(11-13-19)6-4-7-17(15-22)21(25)23-18-8-5-9-20(14-18)26-3/h4-14H,1-3H3,(H,23,25)/b6-4+,17-7-. The van der Waals surface area contributed by atoms with E-state index < -0.39 is 5.91 Å². The minimum absolute atomic E-state index is 0.0222. The summed E-state index contributed by atoms with van der Waals surface area (Å²) in [6.07, 6.45) is 5.03. The number of hydrogen-bond donors (Lipinski definition) is 1. The molecule has 0 unspecified atom stereocenters. The van der Waals surface area contributed by atoms with Crippen LogP contribution in [0, 0.1) is 11.3 Å². The van der Waals surface area contributed by atoms with E-state index in [1.165, 1.54) is 6.08 Å². The van der Waals surface area contributed by atoms with Gasteiger partial charge in [-0.15, -0.1) is 0 Å². The van der Waals surface area contributed by atoms with Crippen LogP contribution in [-0.4, -0.2) is 27.1 Å². The highest BCUT2D eigenvalue weighted by atomic mass is 16.5. The second-order valence-corrected chi connectivity index (χ2v) is 5.72. The van der Waals surface area contributed by atoms with Crippen molar-refractivity contribution in [2.45, 2.75) is 0 Å². The van der Waals surface area contributed by atoms with Gasteiger partial charge in [0.25, 0.3) is 5.91 Å². The molecular weight excluding hydrogens is 326 g/mol. The van der Waals surface area contributed by atoms with Crippen LogP contribution in [0.5, 0.6) is 5.75 Å². The number of ether oxygens (including phenoxy) is 1. The number of methoxy groups -OCH3 is 1. The molecule has 2 aromatic carbocycles. The van der Waals surface area contributed by atoms with Crippen LogP contribution >= 0.6 is 0 Å². The normalized spacial score (nSPS) is 11.1. The van der Waals surface area contributed by atoms with Gasteiger partial charge in [0.1, 0.15) is 17.4 Å². The molecule has 0 saturated heterocycles. The quantitative estimate of drug-likeness (QED) is 0.489. The minimum Gasteiger partial charge on any atom is -0.497 e. The number of rotatable bonds is 6. The van der Waals surface area contributed by atoms with Crippen molar-refractivity contribution in [2.24, 2.45) is 0 Å². The lowest BCUT2D eigenvalue weighted by Gasteiger charge is -2.11. The van der Waals surface area contributed by atoms with Crippen molar-refractivity contribution in [3.8, 4) is 11.8 Å². The molecule has 0 radical (unpaired) electrons. The van der Waals surface area contributed by atoms with Crippen molar-refractivity contribution in [3.05, 3.63) is 71.8 Å². The van der Waals surface area contributed by atoms with Gasteiger partial charge >= 0.3 is 0 Å². The predicted molar refractivity (Wildman–Crippen MR) is 105 cm³/mol. The van der Waals surface area contributed by atoms with Crippen LogP contribution in [0.2, 0.25) is 0 Å². The summed E-state index contributed by atoms with van der Waals surface area (Å²) in [4.78, 5) is 14.2. The first-order valence-electron chi connectivity index (χ1n) is 8.04. The summed E-state index contributed by atoms with van der Waals surface area (Å²) in [7, 11) is 5.51. The average Bonchev–Trinajstić information content (AvgIpc) is 2.65. The molecule has 0 spiro atoms. The maximum atomic E-state index is 12.2. The van der Waals surface area contributed by atoms with E-state index in [0.29, 0.717) is 11.4 Å². The highest BCUT2D eigenvalue weighted by Crippen LogP contribution is 2.17. The second kappa shape index (κ2) is 9.09. The average molecular weight is 347 g/mol. The van der Waals surface area contributed by atoms with Gasteiger partial charge in [0.2, 0.25) is 0 Å². The molecule has 1 N–H and O–H groups in total. The summed E-state index contributed by atoms with van der Waals surface area (Å²) in [6, 6.07) is 16.8. The van der Waals surface area contributed by atoms with Crippen LogP contribution in [0.4, 0.5) is 11.4 Å². The van der Waals surface area contributed by atoms with Crippen molar-refractivity contribution < 1.29 is 9.53 Å². The van der Waals surface area contributed by atoms with Gasteiger partial charge in [0.15, 0.2) is 0 Å². The van der Waals surface area contributed by atoms with E-state index in [1.54, 1.807) is 37.5 Å². The van der Waals surface area contributed by atoms with Gasteiger partial charge in [-0.1, -0.05) is 30.4 Å². The molecule has 132 valence electrons. The van der Waals surface area contributed by atoms with Crippen molar-refractivity contribution in [3.63, 3.8) is 0 Å². The third kappa shape index (κ3) is 5.25. The third-order valence-corrected chi connectivity index (χ3v) is 3.65. The first-order chi connectivity index (χ1) is 12.5. The van der Waals surface area contributed by atoms with E-state index in [9.17, 15) is 10.1 Å². The fourth-order valence-electron chi connectivity index (χ4n) is 2.20. The first kappa shape index (κ1) is 18.8. The number of nitriles is 1. The largest absolute Gasteiger partial charge is 0.497 e. The molecule has 0 aromatic heterocycles. The lowest BCUT2D eigenvalue weighted by molar-refractivity contribution is -0.112. The minimum atomic E-state index is -0.464. The summed E-state index contributed by atoms with van der Waals surface area (Å²) in [5.74, 6) is 0.166. The molecule has 0 atom stereocenters. The van der Waals surface area contributed by atoms with E-state index >= 15 is 0 Å². The van der Waals surface area contributed by atoms with Gasteiger partial charge in [-0.05, 0) is 35.9 Å².